The zero-order valence-electron chi connectivity index (χ0n) is 20.5. The molecular formula is C27H30BrN3O4S. The number of nitrogens with zero attached hydrogens (tertiary/aromatic N) is 2. The van der Waals surface area contributed by atoms with E-state index in [4.69, 9.17) is 0 Å². The number of aryl methyl sites for hydroxylation is 1. The molecule has 9 heteroatoms. The molecule has 0 aliphatic carbocycles. The summed E-state index contributed by atoms with van der Waals surface area (Å²) in [6.45, 7) is 3.33. The van der Waals surface area contributed by atoms with E-state index in [0.717, 1.165) is 26.3 Å². The van der Waals surface area contributed by atoms with Crippen molar-refractivity contribution in [1.29, 1.82) is 0 Å². The van der Waals surface area contributed by atoms with Crippen LogP contribution in [0.4, 0.5) is 5.69 Å². The Kier molecular flexibility index (Phi) is 9.28. The highest BCUT2D eigenvalue weighted by Gasteiger charge is 2.32. The van der Waals surface area contributed by atoms with Crippen molar-refractivity contribution in [2.45, 2.75) is 37.8 Å². The van der Waals surface area contributed by atoms with Crippen LogP contribution < -0.4 is 9.62 Å². The Morgan fingerprint density at radius 3 is 2.06 bits per heavy atom. The van der Waals surface area contributed by atoms with Crippen LogP contribution in [0.3, 0.4) is 0 Å². The number of hydrogen-bond donors (Lipinski definition) is 1. The number of nitrogens with one attached hydrogen (secondary N) is 1. The number of rotatable bonds is 10. The van der Waals surface area contributed by atoms with Crippen LogP contribution in [0.15, 0.2) is 88.2 Å². The van der Waals surface area contributed by atoms with Gasteiger partial charge in [-0.15, -0.1) is 0 Å². The molecule has 0 fully saturated rings. The Morgan fingerprint density at radius 2 is 1.50 bits per heavy atom. The first-order chi connectivity index (χ1) is 17.2. The van der Waals surface area contributed by atoms with Crippen molar-refractivity contribution in [3.63, 3.8) is 0 Å². The van der Waals surface area contributed by atoms with Gasteiger partial charge in [0.15, 0.2) is 0 Å². The quantitative estimate of drug-likeness (QED) is 0.391. The fourth-order valence-corrected chi connectivity index (χ4v) is 5.42. The minimum atomic E-state index is -4.05. The van der Waals surface area contributed by atoms with E-state index >= 15 is 0 Å². The van der Waals surface area contributed by atoms with E-state index < -0.39 is 28.5 Å². The summed E-state index contributed by atoms with van der Waals surface area (Å²) in [5, 5.41) is 2.58. The lowest BCUT2D eigenvalue weighted by molar-refractivity contribution is -0.139. The number of benzene rings is 3. The topological polar surface area (TPSA) is 86.8 Å². The molecule has 0 saturated carbocycles. The summed E-state index contributed by atoms with van der Waals surface area (Å²) < 4.78 is 29.3. The second-order valence-electron chi connectivity index (χ2n) is 8.28. The first-order valence-electron chi connectivity index (χ1n) is 11.6. The van der Waals surface area contributed by atoms with Gasteiger partial charge < -0.3 is 10.2 Å². The minimum Gasteiger partial charge on any atom is -0.357 e. The Morgan fingerprint density at radius 1 is 0.917 bits per heavy atom. The van der Waals surface area contributed by atoms with Gasteiger partial charge in [-0.05, 0) is 60.9 Å². The lowest BCUT2D eigenvalue weighted by Gasteiger charge is -2.31. The standard InChI is InChI=1S/C27H30BrN3O4S/c1-4-21-12-16-24(17-13-21)31(36(34,35)25-8-6-5-7-9-25)19-26(32)30(20(2)27(33)29-3)18-22-10-14-23(28)15-11-22/h5-17,20H,4,18-19H2,1-3H3,(H,29,33)/t20-/m0/s1. The zero-order chi connectivity index (χ0) is 26.3. The largest absolute Gasteiger partial charge is 0.357 e. The molecule has 0 aliphatic heterocycles. The fraction of sp³-hybridized carbons (Fsp3) is 0.259. The summed E-state index contributed by atoms with van der Waals surface area (Å²) in [5.41, 5.74) is 2.24. The van der Waals surface area contributed by atoms with Gasteiger partial charge in [0.25, 0.3) is 10.0 Å². The van der Waals surface area contributed by atoms with Gasteiger partial charge in [0.1, 0.15) is 12.6 Å². The minimum absolute atomic E-state index is 0.0798. The van der Waals surface area contributed by atoms with Gasteiger partial charge in [-0.25, -0.2) is 8.42 Å². The van der Waals surface area contributed by atoms with Gasteiger partial charge in [0, 0.05) is 18.1 Å². The van der Waals surface area contributed by atoms with Gasteiger partial charge in [-0.3, -0.25) is 13.9 Å². The fourth-order valence-electron chi connectivity index (χ4n) is 3.72. The van der Waals surface area contributed by atoms with Gasteiger partial charge in [-0.2, -0.15) is 0 Å². The number of amides is 2. The Hall–Kier alpha value is -3.17. The molecule has 0 radical (unpaired) electrons. The van der Waals surface area contributed by atoms with Crippen molar-refractivity contribution in [3.05, 3.63) is 94.5 Å². The van der Waals surface area contributed by atoms with Crippen molar-refractivity contribution in [2.24, 2.45) is 0 Å². The summed E-state index contributed by atoms with van der Waals surface area (Å²) in [7, 11) is -2.55. The molecule has 0 spiro atoms. The van der Waals surface area contributed by atoms with E-state index in [9.17, 15) is 18.0 Å². The average Bonchev–Trinajstić information content (AvgIpc) is 2.90. The Balaban J connectivity index is 2.01. The second-order valence-corrected chi connectivity index (χ2v) is 11.1. The molecular weight excluding hydrogens is 542 g/mol. The number of hydrogen-bond acceptors (Lipinski definition) is 4. The molecule has 0 aromatic heterocycles. The van der Waals surface area contributed by atoms with E-state index in [1.165, 1.54) is 24.1 Å². The van der Waals surface area contributed by atoms with Crippen molar-refractivity contribution >= 4 is 43.5 Å². The molecule has 3 aromatic rings. The van der Waals surface area contributed by atoms with Gasteiger partial charge in [0.2, 0.25) is 11.8 Å². The number of carbonyl (C=O) groups excluding carboxylic acids is 2. The van der Waals surface area contributed by atoms with Crippen LogP contribution in [0.5, 0.6) is 0 Å². The Bertz CT molecular complexity index is 1280. The lowest BCUT2D eigenvalue weighted by Crippen LogP contribution is -2.50. The molecule has 190 valence electrons. The molecule has 0 saturated heterocycles. The van der Waals surface area contributed by atoms with Gasteiger partial charge >= 0.3 is 0 Å². The molecule has 0 aliphatic rings. The van der Waals surface area contributed by atoms with Crippen LogP contribution in [0, 0.1) is 0 Å². The summed E-state index contributed by atoms with van der Waals surface area (Å²) in [4.78, 5) is 27.7. The molecule has 0 unspecified atom stereocenters. The summed E-state index contributed by atoms with van der Waals surface area (Å²) in [5.74, 6) is -0.835. The molecule has 2 amide bonds. The number of anilines is 1. The predicted octanol–water partition coefficient (Wildman–Crippen LogP) is 4.37. The summed E-state index contributed by atoms with van der Waals surface area (Å²) in [6, 6.07) is 21.7. The number of likely N-dealkylation sites (N-methyl/N-ethyl adjacent to an activating group) is 1. The maximum absolute atomic E-state index is 13.7. The molecule has 3 rings (SSSR count). The van der Waals surface area contributed by atoms with Gasteiger partial charge in [-0.1, -0.05) is 65.3 Å². The third kappa shape index (κ3) is 6.53. The van der Waals surface area contributed by atoms with Crippen LogP contribution >= 0.6 is 15.9 Å². The van der Waals surface area contributed by atoms with Crippen LogP contribution in [0.1, 0.15) is 25.0 Å². The summed E-state index contributed by atoms with van der Waals surface area (Å²) in [6.07, 6.45) is 0.801. The maximum atomic E-state index is 13.7. The maximum Gasteiger partial charge on any atom is 0.264 e. The van der Waals surface area contributed by atoms with E-state index in [1.54, 1.807) is 37.3 Å². The van der Waals surface area contributed by atoms with Crippen molar-refractivity contribution in [1.82, 2.24) is 10.2 Å². The molecule has 36 heavy (non-hydrogen) atoms. The molecule has 1 N–H and O–H groups in total. The third-order valence-corrected chi connectivity index (χ3v) is 8.24. The second kappa shape index (κ2) is 12.2. The average molecular weight is 573 g/mol. The zero-order valence-corrected chi connectivity index (χ0v) is 22.9. The summed E-state index contributed by atoms with van der Waals surface area (Å²) >= 11 is 3.40. The van der Waals surface area contributed by atoms with E-state index in [-0.39, 0.29) is 17.3 Å². The van der Waals surface area contributed by atoms with E-state index in [1.807, 2.05) is 43.3 Å². The first kappa shape index (κ1) is 27.4. The smallest absolute Gasteiger partial charge is 0.264 e. The third-order valence-electron chi connectivity index (χ3n) is 5.92. The first-order valence-corrected chi connectivity index (χ1v) is 13.8. The monoisotopic (exact) mass is 571 g/mol. The number of halogens is 1. The molecule has 7 nitrogen and oxygen atoms in total. The SMILES string of the molecule is CCc1ccc(N(CC(=O)N(Cc2ccc(Br)cc2)[C@@H](C)C(=O)NC)S(=O)(=O)c2ccccc2)cc1. The van der Waals surface area contributed by atoms with E-state index in [2.05, 4.69) is 21.2 Å². The van der Waals surface area contributed by atoms with Gasteiger partial charge in [0.05, 0.1) is 10.6 Å². The molecule has 3 aromatic carbocycles. The van der Waals surface area contributed by atoms with Crippen molar-refractivity contribution < 1.29 is 18.0 Å². The highest BCUT2D eigenvalue weighted by atomic mass is 79.9. The molecule has 0 bridgehead atoms. The van der Waals surface area contributed by atoms with E-state index in [0.29, 0.717) is 5.69 Å². The van der Waals surface area contributed by atoms with Crippen molar-refractivity contribution in [3.8, 4) is 0 Å². The highest BCUT2D eigenvalue weighted by Crippen LogP contribution is 2.25. The van der Waals surface area contributed by atoms with Crippen LogP contribution in [-0.2, 0) is 32.6 Å². The van der Waals surface area contributed by atoms with Crippen LogP contribution in [0.2, 0.25) is 0 Å². The van der Waals surface area contributed by atoms with Crippen molar-refractivity contribution in [2.75, 3.05) is 17.9 Å². The Labute approximate surface area is 221 Å². The predicted molar refractivity (Wildman–Crippen MR) is 145 cm³/mol. The molecule has 0 heterocycles. The van der Waals surface area contributed by atoms with Crippen LogP contribution in [-0.4, -0.2) is 44.8 Å². The molecule has 1 atom stereocenters. The van der Waals surface area contributed by atoms with Crippen LogP contribution in [0.25, 0.3) is 0 Å². The number of carbonyl (C=O) groups is 2. The number of sulfonamides is 1. The normalized spacial score (nSPS) is 12.0. The lowest BCUT2D eigenvalue weighted by atomic mass is 10.1. The highest BCUT2D eigenvalue weighted by molar-refractivity contribution is 9.10.